The largest absolute Gasteiger partial charge is 0.495 e. The molecule has 4 fully saturated rings. The molecule has 2 aromatic carbocycles. The fourth-order valence-electron chi connectivity index (χ4n) is 8.69. The second-order valence-corrected chi connectivity index (χ2v) is 21.5. The Kier molecular flexibility index (Phi) is 16.2. The number of aliphatic hydroxyl groups excluding tert-OH is 1. The van der Waals surface area contributed by atoms with E-state index in [1.165, 1.54) is 30.0 Å². The van der Waals surface area contributed by atoms with Crippen molar-refractivity contribution in [1.82, 2.24) is 40.3 Å². The molecule has 2 aromatic heterocycles. The Balaban J connectivity index is 0.808. The number of aryl methyl sites for hydroxylation is 1. The van der Waals surface area contributed by atoms with Crippen molar-refractivity contribution in [3.8, 4) is 16.2 Å². The van der Waals surface area contributed by atoms with Crippen molar-refractivity contribution >= 4 is 75.8 Å². The van der Waals surface area contributed by atoms with E-state index in [0.717, 1.165) is 21.7 Å². The van der Waals surface area contributed by atoms with Crippen molar-refractivity contribution in [2.75, 3.05) is 83.0 Å². The van der Waals surface area contributed by atoms with Gasteiger partial charge < -0.3 is 50.4 Å². The number of hydrogen-bond acceptors (Lipinski definition) is 16. The molecular formula is C48H60ClFN10O8S2. The molecular weight excluding hydrogens is 963 g/mol. The summed E-state index contributed by atoms with van der Waals surface area (Å²) in [6, 6.07) is 10.8. The normalized spacial score (nSPS) is 21.7. The van der Waals surface area contributed by atoms with Gasteiger partial charge >= 0.3 is 0 Å². The summed E-state index contributed by atoms with van der Waals surface area (Å²) in [7, 11) is 3.24. The van der Waals surface area contributed by atoms with Crippen LogP contribution in [0.1, 0.15) is 54.7 Å². The van der Waals surface area contributed by atoms with Crippen LogP contribution in [-0.4, -0.2) is 172 Å². The molecule has 4 aliphatic rings. The lowest BCUT2D eigenvalue weighted by Crippen LogP contribution is -2.61. The summed E-state index contributed by atoms with van der Waals surface area (Å²) in [4.78, 5) is 74.3. The van der Waals surface area contributed by atoms with Crippen molar-refractivity contribution < 1.29 is 42.9 Å². The fraction of sp³-hybridized carbons (Fsp3) is 0.521. The summed E-state index contributed by atoms with van der Waals surface area (Å²) < 4.78 is 32.3. The van der Waals surface area contributed by atoms with E-state index in [1.807, 2.05) is 36.1 Å². The number of carbonyl (C=O) groups is 4. The second-order valence-electron chi connectivity index (χ2n) is 18.5. The van der Waals surface area contributed by atoms with E-state index in [4.69, 9.17) is 25.8 Å². The number of amides is 4. The molecule has 18 nitrogen and oxygen atoms in total. The number of likely N-dealkylation sites (tertiary alicyclic amines) is 1. The number of alkyl halides is 1. The van der Waals surface area contributed by atoms with Crippen molar-refractivity contribution in [2.45, 2.75) is 87.4 Å². The molecule has 5 heterocycles. The number of methoxy groups -OCH3 is 1. The van der Waals surface area contributed by atoms with Gasteiger partial charge in [0.2, 0.25) is 17.8 Å². The fourth-order valence-corrected chi connectivity index (χ4v) is 10.8. The maximum absolute atomic E-state index is 15.1. The smallest absolute Gasteiger partial charge is 0.258 e. The number of rotatable bonds is 18. The molecule has 0 unspecified atom stereocenters. The van der Waals surface area contributed by atoms with E-state index in [0.29, 0.717) is 85.5 Å². The zero-order valence-electron chi connectivity index (χ0n) is 39.8. The van der Waals surface area contributed by atoms with Crippen LogP contribution in [0.15, 0.2) is 54.2 Å². The Labute approximate surface area is 419 Å². The van der Waals surface area contributed by atoms with Gasteiger partial charge in [0.05, 0.1) is 66.6 Å². The third-order valence-electron chi connectivity index (χ3n) is 13.1. The number of thiazole rings is 1. The highest BCUT2D eigenvalue weighted by molar-refractivity contribution is 8.00. The van der Waals surface area contributed by atoms with Crippen molar-refractivity contribution in [3.63, 3.8) is 0 Å². The standard InChI is InChI=1S/C48H60ClFN10O8S2/c1-28-39(69-27-54-28)30-8-6-29(7-9-30)20-52-42(62)37-19-32(61)22-60(37)44(64)40(56-45(65)48(50)12-13-48)47(2,3)70-26-34-25-67-33(24-68-34)23-58-14-16-59(17-15-58)43(63)31-10-11-36(38(18-31)66-5)55-46-53-21-35(49)41(51-4)57-46/h6-11,18,21,27,32-34,37,40,61H,12-17,19-20,22-26H2,1-5H3,(H,52,62)(H,56,65)(H2,51,53,55,57)/t32-,33+,34+,37+,40+/m1/s1. The number of nitrogens with zero attached hydrogens (tertiary/aromatic N) is 6. The lowest BCUT2D eigenvalue weighted by atomic mass is 10.00. The Morgan fingerprint density at radius 3 is 2.44 bits per heavy atom. The Morgan fingerprint density at radius 2 is 1.79 bits per heavy atom. The SMILES string of the molecule is CNc1nc(Nc2ccc(C(=O)N3CCN(C[C@H]4CO[C@H](CSC(C)(C)[C@@H](NC(=O)C5(F)CC5)C(=O)N5C[C@H](O)C[C@H]5C(=O)NCc5ccc(-c6scnc6C)cc5)CO4)CC3)cc2OC)ncc1Cl. The van der Waals surface area contributed by atoms with Gasteiger partial charge in [0.1, 0.15) is 28.7 Å². The van der Waals surface area contributed by atoms with Crippen LogP contribution in [0.5, 0.6) is 5.75 Å². The summed E-state index contributed by atoms with van der Waals surface area (Å²) in [6.07, 6.45) is 0.167. The molecule has 0 spiro atoms. The molecule has 3 saturated heterocycles. The molecule has 1 aliphatic carbocycles. The quantitative estimate of drug-likeness (QED) is 0.0917. The molecule has 8 rings (SSSR count). The average Bonchev–Trinajstić information content (AvgIpc) is 3.77. The van der Waals surface area contributed by atoms with Crippen LogP contribution in [0.4, 0.5) is 21.8 Å². The number of halogens is 2. The zero-order valence-corrected chi connectivity index (χ0v) is 42.2. The highest BCUT2D eigenvalue weighted by atomic mass is 35.5. The van der Waals surface area contributed by atoms with Crippen molar-refractivity contribution in [3.05, 3.63) is 76.0 Å². The van der Waals surface area contributed by atoms with Gasteiger partial charge in [-0.05, 0) is 62.9 Å². The van der Waals surface area contributed by atoms with Crippen molar-refractivity contribution in [1.29, 1.82) is 0 Å². The van der Waals surface area contributed by atoms with E-state index >= 15 is 4.39 Å². The monoisotopic (exact) mass is 1020 g/mol. The Hall–Kier alpha value is -5.16. The van der Waals surface area contributed by atoms with E-state index in [2.05, 4.69) is 41.1 Å². The Morgan fingerprint density at radius 1 is 1.06 bits per heavy atom. The molecule has 3 aliphatic heterocycles. The number of thioether (sulfide) groups is 1. The summed E-state index contributed by atoms with van der Waals surface area (Å²) in [5, 5.41) is 22.8. The predicted molar refractivity (Wildman–Crippen MR) is 266 cm³/mol. The molecule has 22 heteroatoms. The van der Waals surface area contributed by atoms with Gasteiger partial charge in [-0.15, -0.1) is 11.3 Å². The molecule has 0 radical (unpaired) electrons. The summed E-state index contributed by atoms with van der Waals surface area (Å²) in [5.74, 6) is -0.320. The number of anilines is 3. The molecule has 0 bridgehead atoms. The molecule has 4 amide bonds. The van der Waals surface area contributed by atoms with Crippen LogP contribution in [0.3, 0.4) is 0 Å². The minimum absolute atomic E-state index is 0.0229. The first-order valence-electron chi connectivity index (χ1n) is 23.3. The van der Waals surface area contributed by atoms with Gasteiger partial charge in [0, 0.05) is 75.3 Å². The summed E-state index contributed by atoms with van der Waals surface area (Å²) in [5.41, 5.74) is 3.66. The van der Waals surface area contributed by atoms with Gasteiger partial charge in [0.15, 0.2) is 5.67 Å². The first-order valence-corrected chi connectivity index (χ1v) is 25.6. The van der Waals surface area contributed by atoms with Crippen LogP contribution in [0.2, 0.25) is 5.02 Å². The number of nitrogens with one attached hydrogen (secondary N) is 4. The third kappa shape index (κ3) is 12.1. The number of piperazine rings is 1. The Bertz CT molecular complexity index is 2520. The molecule has 5 N–H and O–H groups in total. The highest BCUT2D eigenvalue weighted by Gasteiger charge is 2.54. The minimum Gasteiger partial charge on any atom is -0.495 e. The van der Waals surface area contributed by atoms with Crippen LogP contribution < -0.4 is 26.0 Å². The van der Waals surface area contributed by atoms with E-state index in [9.17, 15) is 24.3 Å². The number of benzene rings is 2. The van der Waals surface area contributed by atoms with Gasteiger partial charge in [-0.25, -0.2) is 14.4 Å². The number of β-amino-alcohol motifs (C(OH)–C–C–N with tert-alkyl or cyclic N) is 1. The van der Waals surface area contributed by atoms with Gasteiger partial charge in [-0.2, -0.15) is 16.7 Å². The second kappa shape index (κ2) is 22.1. The number of ether oxygens (including phenoxy) is 3. The number of aliphatic hydroxyl groups is 1. The number of hydrogen-bond donors (Lipinski definition) is 5. The maximum Gasteiger partial charge on any atom is 0.258 e. The van der Waals surface area contributed by atoms with Crippen molar-refractivity contribution in [2.24, 2.45) is 0 Å². The first kappa shape index (κ1) is 51.2. The topological polar surface area (TPSA) is 213 Å². The third-order valence-corrected chi connectivity index (χ3v) is 15.9. The van der Waals surface area contributed by atoms with Gasteiger partial charge in [-0.1, -0.05) is 35.9 Å². The van der Waals surface area contributed by atoms with Gasteiger partial charge in [-0.3, -0.25) is 24.1 Å². The van der Waals surface area contributed by atoms with E-state index in [-0.39, 0.29) is 50.5 Å². The molecule has 4 aromatic rings. The van der Waals surface area contributed by atoms with Crippen LogP contribution in [0.25, 0.3) is 10.4 Å². The lowest BCUT2D eigenvalue weighted by Gasteiger charge is -2.39. The highest BCUT2D eigenvalue weighted by Crippen LogP contribution is 2.41. The molecule has 1 saturated carbocycles. The van der Waals surface area contributed by atoms with E-state index in [1.54, 1.807) is 55.9 Å². The minimum atomic E-state index is -2.04. The molecule has 376 valence electrons. The maximum atomic E-state index is 15.1. The predicted octanol–water partition coefficient (Wildman–Crippen LogP) is 4.67. The molecule has 70 heavy (non-hydrogen) atoms. The van der Waals surface area contributed by atoms with Crippen LogP contribution in [0, 0.1) is 6.92 Å². The number of aromatic nitrogens is 3. The first-order chi connectivity index (χ1) is 33.5. The zero-order chi connectivity index (χ0) is 49.7. The summed E-state index contributed by atoms with van der Waals surface area (Å²) >= 11 is 9.07. The molecule has 5 atom stereocenters. The van der Waals surface area contributed by atoms with Crippen LogP contribution >= 0.6 is 34.7 Å². The average molecular weight is 1020 g/mol. The van der Waals surface area contributed by atoms with Crippen LogP contribution in [-0.2, 0) is 30.4 Å². The van der Waals surface area contributed by atoms with E-state index < -0.39 is 46.3 Å². The van der Waals surface area contributed by atoms with Gasteiger partial charge in [0.25, 0.3) is 11.8 Å². The lowest BCUT2D eigenvalue weighted by molar-refractivity contribution is -0.143. The number of carbonyl (C=O) groups excluding carboxylic acids is 4. The summed E-state index contributed by atoms with van der Waals surface area (Å²) in [6.45, 7) is 9.26.